The minimum Gasteiger partial charge on any atom is -0.377 e. The molecule has 0 aliphatic rings. The van der Waals surface area contributed by atoms with Gasteiger partial charge in [-0.05, 0) is 48.5 Å². The van der Waals surface area contributed by atoms with Crippen molar-refractivity contribution < 1.29 is 23.7 Å². The van der Waals surface area contributed by atoms with Crippen LogP contribution in [0.1, 0.15) is 11.4 Å². The van der Waals surface area contributed by atoms with Gasteiger partial charge >= 0.3 is 0 Å². The lowest BCUT2D eigenvalue weighted by Crippen LogP contribution is -2.13. The highest BCUT2D eigenvalue weighted by atomic mass is 16.6. The molecule has 0 bridgehead atoms. The normalized spacial score (nSPS) is 11.1. The molecule has 39 heavy (non-hydrogen) atoms. The van der Waals surface area contributed by atoms with Crippen molar-refractivity contribution in [2.75, 3.05) is 52.9 Å². The van der Waals surface area contributed by atoms with Crippen molar-refractivity contribution >= 4 is 0 Å². The van der Waals surface area contributed by atoms with Gasteiger partial charge in [0.25, 0.3) is 0 Å². The third kappa shape index (κ3) is 10.6. The Morgan fingerprint density at radius 2 is 0.769 bits per heavy atom. The number of nitrogens with zero attached hydrogens (tertiary/aromatic N) is 4. The molecule has 9 heteroatoms. The van der Waals surface area contributed by atoms with Crippen molar-refractivity contribution in [2.24, 2.45) is 0 Å². The number of pyridine rings is 4. The lowest BCUT2D eigenvalue weighted by Gasteiger charge is -2.08. The Morgan fingerprint density at radius 3 is 1.15 bits per heavy atom. The van der Waals surface area contributed by atoms with E-state index in [1.807, 2.05) is 72.8 Å². The van der Waals surface area contributed by atoms with Gasteiger partial charge in [-0.15, -0.1) is 0 Å². The van der Waals surface area contributed by atoms with Crippen molar-refractivity contribution in [3.05, 3.63) is 96.6 Å². The van der Waals surface area contributed by atoms with E-state index in [1.54, 1.807) is 12.4 Å². The van der Waals surface area contributed by atoms with Crippen molar-refractivity contribution in [1.82, 2.24) is 19.9 Å². The van der Waals surface area contributed by atoms with Crippen LogP contribution in [0.4, 0.5) is 0 Å². The van der Waals surface area contributed by atoms with E-state index in [0.29, 0.717) is 66.1 Å². The molecule has 0 unspecified atom stereocenters. The molecular formula is C30H34N4O5. The summed E-state index contributed by atoms with van der Waals surface area (Å²) >= 11 is 0. The molecule has 4 aromatic rings. The Balaban J connectivity index is 0.944. The highest BCUT2D eigenvalue weighted by Gasteiger charge is 2.03. The molecule has 0 fully saturated rings. The van der Waals surface area contributed by atoms with Crippen LogP contribution in [-0.2, 0) is 36.9 Å². The zero-order chi connectivity index (χ0) is 26.8. The summed E-state index contributed by atoms with van der Waals surface area (Å²) in [7, 11) is 0. The topological polar surface area (TPSA) is 97.7 Å². The summed E-state index contributed by atoms with van der Waals surface area (Å²) in [6.07, 6.45) is 3.52. The molecule has 4 aromatic heterocycles. The summed E-state index contributed by atoms with van der Waals surface area (Å²) in [5, 5.41) is 0. The molecule has 0 aliphatic carbocycles. The number of aromatic nitrogens is 4. The third-order valence-electron chi connectivity index (χ3n) is 5.46. The van der Waals surface area contributed by atoms with Crippen molar-refractivity contribution in [2.45, 2.75) is 13.2 Å². The molecule has 0 saturated heterocycles. The standard InChI is InChI=1S/C30H34N4O5/c1-3-13-31-27(9-1)29-11-5-7-25(33-29)23-38-21-19-36-17-15-35-16-18-37-20-22-39-24-26-8-6-12-30(34-26)28-10-2-4-14-32-28/h1-14H,15-24H2. The van der Waals surface area contributed by atoms with Crippen molar-refractivity contribution in [1.29, 1.82) is 0 Å². The zero-order valence-corrected chi connectivity index (χ0v) is 22.0. The molecule has 0 atom stereocenters. The van der Waals surface area contributed by atoms with Crippen molar-refractivity contribution in [3.8, 4) is 22.8 Å². The van der Waals surface area contributed by atoms with Crippen LogP contribution >= 0.6 is 0 Å². The number of hydrogen-bond donors (Lipinski definition) is 0. The highest BCUT2D eigenvalue weighted by molar-refractivity contribution is 5.54. The molecule has 0 aromatic carbocycles. The minimum absolute atomic E-state index is 0.426. The summed E-state index contributed by atoms with van der Waals surface area (Å²) in [5.41, 5.74) is 5.08. The fourth-order valence-electron chi connectivity index (χ4n) is 3.56. The second-order valence-electron chi connectivity index (χ2n) is 8.40. The molecule has 9 nitrogen and oxygen atoms in total. The maximum absolute atomic E-state index is 5.67. The molecule has 0 spiro atoms. The molecule has 0 saturated carbocycles. The van der Waals surface area contributed by atoms with Crippen molar-refractivity contribution in [3.63, 3.8) is 0 Å². The van der Waals surface area contributed by atoms with Gasteiger partial charge in [-0.1, -0.05) is 24.3 Å². The van der Waals surface area contributed by atoms with Crippen LogP contribution in [0.15, 0.2) is 85.2 Å². The Labute approximate surface area is 229 Å². The van der Waals surface area contributed by atoms with Crippen LogP contribution < -0.4 is 0 Å². The van der Waals surface area contributed by atoms with Gasteiger partial charge in [-0.2, -0.15) is 0 Å². The summed E-state index contributed by atoms with van der Waals surface area (Å²) in [6.45, 7) is 4.84. The quantitative estimate of drug-likeness (QED) is 0.174. The first-order valence-electron chi connectivity index (χ1n) is 13.0. The summed E-state index contributed by atoms with van der Waals surface area (Å²) in [4.78, 5) is 17.9. The van der Waals surface area contributed by atoms with E-state index >= 15 is 0 Å². The van der Waals surface area contributed by atoms with E-state index in [-0.39, 0.29) is 0 Å². The van der Waals surface area contributed by atoms with Gasteiger partial charge in [0.1, 0.15) is 0 Å². The smallest absolute Gasteiger partial charge is 0.0890 e. The first-order valence-corrected chi connectivity index (χ1v) is 13.0. The third-order valence-corrected chi connectivity index (χ3v) is 5.46. The zero-order valence-electron chi connectivity index (χ0n) is 22.0. The van der Waals surface area contributed by atoms with Crippen LogP contribution in [0.2, 0.25) is 0 Å². The molecule has 0 radical (unpaired) electrons. The minimum atomic E-state index is 0.426. The van der Waals surface area contributed by atoms with Crippen LogP contribution in [-0.4, -0.2) is 72.8 Å². The Kier molecular flexibility index (Phi) is 12.4. The lowest BCUT2D eigenvalue weighted by atomic mass is 10.2. The summed E-state index contributed by atoms with van der Waals surface area (Å²) in [5.74, 6) is 0. The SMILES string of the molecule is c1ccc(-c2cccc(COCCOCCOCCOCCOCc3cccc(-c4ccccn4)n3)n2)nc1. The fraction of sp³-hybridized carbons (Fsp3) is 0.333. The van der Waals surface area contributed by atoms with Gasteiger partial charge < -0.3 is 23.7 Å². The average molecular weight is 531 g/mol. The summed E-state index contributed by atoms with van der Waals surface area (Å²) < 4.78 is 28.0. The van der Waals surface area contributed by atoms with Gasteiger partial charge in [-0.3, -0.25) is 9.97 Å². The molecule has 4 rings (SSSR count). The largest absolute Gasteiger partial charge is 0.377 e. The maximum atomic E-state index is 5.67. The second-order valence-corrected chi connectivity index (χ2v) is 8.40. The lowest BCUT2D eigenvalue weighted by molar-refractivity contribution is -0.0141. The molecular weight excluding hydrogens is 496 g/mol. The predicted octanol–water partition coefficient (Wildman–Crippen LogP) is 4.38. The van der Waals surface area contributed by atoms with E-state index < -0.39 is 0 Å². The van der Waals surface area contributed by atoms with E-state index in [1.165, 1.54) is 0 Å². The predicted molar refractivity (Wildman–Crippen MR) is 147 cm³/mol. The van der Waals surface area contributed by atoms with Gasteiger partial charge in [0.05, 0.1) is 100 Å². The van der Waals surface area contributed by atoms with Gasteiger partial charge in [0.15, 0.2) is 0 Å². The van der Waals surface area contributed by atoms with E-state index in [0.717, 1.165) is 34.2 Å². The van der Waals surface area contributed by atoms with E-state index in [9.17, 15) is 0 Å². The van der Waals surface area contributed by atoms with Gasteiger partial charge in [0.2, 0.25) is 0 Å². The molecule has 204 valence electrons. The number of rotatable bonds is 18. The Morgan fingerprint density at radius 1 is 0.385 bits per heavy atom. The van der Waals surface area contributed by atoms with Crippen LogP contribution in [0.5, 0.6) is 0 Å². The van der Waals surface area contributed by atoms with Crippen LogP contribution in [0.3, 0.4) is 0 Å². The number of hydrogen-bond acceptors (Lipinski definition) is 9. The summed E-state index contributed by atoms with van der Waals surface area (Å²) in [6, 6.07) is 23.2. The molecule has 0 aliphatic heterocycles. The fourth-order valence-corrected chi connectivity index (χ4v) is 3.56. The second kappa shape index (κ2) is 17.1. The van der Waals surface area contributed by atoms with E-state index in [2.05, 4.69) is 19.9 Å². The monoisotopic (exact) mass is 530 g/mol. The van der Waals surface area contributed by atoms with Crippen LogP contribution in [0.25, 0.3) is 22.8 Å². The number of ether oxygens (including phenoxy) is 5. The van der Waals surface area contributed by atoms with Gasteiger partial charge in [0, 0.05) is 12.4 Å². The van der Waals surface area contributed by atoms with E-state index in [4.69, 9.17) is 23.7 Å². The highest BCUT2D eigenvalue weighted by Crippen LogP contribution is 2.15. The Bertz CT molecular complexity index is 1120. The molecule has 0 amide bonds. The van der Waals surface area contributed by atoms with Gasteiger partial charge in [-0.25, -0.2) is 9.97 Å². The maximum Gasteiger partial charge on any atom is 0.0890 e. The van der Waals surface area contributed by atoms with Crippen LogP contribution in [0, 0.1) is 0 Å². The Hall–Kier alpha value is -3.60. The first kappa shape index (κ1) is 28.4. The first-order chi connectivity index (χ1) is 19.4. The average Bonchev–Trinajstić information content (AvgIpc) is 3.00. The molecule has 0 N–H and O–H groups in total. The molecule has 4 heterocycles.